The van der Waals surface area contributed by atoms with E-state index in [1.807, 2.05) is 25.1 Å². The molecule has 4 rings (SSSR count). The largest absolute Gasteiger partial charge is 0.454 e. The van der Waals surface area contributed by atoms with Gasteiger partial charge in [-0.2, -0.15) is 0 Å². The molecule has 0 saturated carbocycles. The summed E-state index contributed by atoms with van der Waals surface area (Å²) in [6.45, 7) is 0.940. The Balaban J connectivity index is 1.61. The van der Waals surface area contributed by atoms with Crippen LogP contribution in [0.1, 0.15) is 12.8 Å². The highest BCUT2D eigenvalue weighted by Gasteiger charge is 2.33. The standard InChI is InChI=1S/C18H20N4O5S/c1-20(2)5-6-21(17(25)9-22-15(23)3-4-16(22)24)18-19-11-7-12-13(27-10-26-12)8-14(11)28-18/h7-8H,3-6,9-10H2,1-2H3. The van der Waals surface area contributed by atoms with E-state index in [2.05, 4.69) is 4.98 Å². The van der Waals surface area contributed by atoms with Crippen molar-refractivity contribution in [1.82, 2.24) is 14.8 Å². The van der Waals surface area contributed by atoms with Gasteiger partial charge in [-0.25, -0.2) is 4.98 Å². The quantitative estimate of drug-likeness (QED) is 0.665. The minimum Gasteiger partial charge on any atom is -0.454 e. The van der Waals surface area contributed by atoms with Crippen molar-refractivity contribution in [1.29, 1.82) is 0 Å². The van der Waals surface area contributed by atoms with Crippen LogP contribution in [0.4, 0.5) is 5.13 Å². The Kier molecular flexibility index (Phi) is 4.90. The van der Waals surface area contributed by atoms with Gasteiger partial charge in [-0.05, 0) is 14.1 Å². The van der Waals surface area contributed by atoms with Gasteiger partial charge in [-0.3, -0.25) is 24.2 Å². The molecular formula is C18H20N4O5S. The van der Waals surface area contributed by atoms with Gasteiger partial charge in [0.2, 0.25) is 24.5 Å². The Morgan fingerprint density at radius 2 is 1.82 bits per heavy atom. The maximum absolute atomic E-state index is 13.0. The highest BCUT2D eigenvalue weighted by Crippen LogP contribution is 2.39. The minimum atomic E-state index is -0.329. The summed E-state index contributed by atoms with van der Waals surface area (Å²) >= 11 is 1.36. The summed E-state index contributed by atoms with van der Waals surface area (Å²) in [7, 11) is 3.82. The molecule has 0 spiro atoms. The first kappa shape index (κ1) is 18.6. The second-order valence-corrected chi connectivity index (χ2v) is 7.90. The van der Waals surface area contributed by atoms with Crippen molar-refractivity contribution in [2.75, 3.05) is 45.4 Å². The molecule has 1 saturated heterocycles. The number of fused-ring (bicyclic) bond motifs is 2. The third-order valence-corrected chi connectivity index (χ3v) is 5.66. The SMILES string of the molecule is CN(C)CCN(C(=O)CN1C(=O)CCC1=O)c1nc2cc3c(cc2s1)OCO3. The van der Waals surface area contributed by atoms with E-state index in [9.17, 15) is 14.4 Å². The van der Waals surface area contributed by atoms with Gasteiger partial charge in [0.1, 0.15) is 6.54 Å². The van der Waals surface area contributed by atoms with Crippen molar-refractivity contribution in [3.8, 4) is 11.5 Å². The number of carbonyl (C=O) groups excluding carboxylic acids is 3. The molecule has 3 heterocycles. The molecule has 1 aromatic carbocycles. The van der Waals surface area contributed by atoms with Crippen molar-refractivity contribution in [2.45, 2.75) is 12.8 Å². The van der Waals surface area contributed by atoms with Crippen LogP contribution in [0.2, 0.25) is 0 Å². The molecule has 0 radical (unpaired) electrons. The number of nitrogens with zero attached hydrogens (tertiary/aromatic N) is 4. The summed E-state index contributed by atoms with van der Waals surface area (Å²) in [6, 6.07) is 3.64. The van der Waals surface area contributed by atoms with E-state index >= 15 is 0 Å². The number of likely N-dealkylation sites (N-methyl/N-ethyl adjacent to an activating group) is 1. The second-order valence-electron chi connectivity index (χ2n) is 6.89. The van der Waals surface area contributed by atoms with Crippen molar-refractivity contribution < 1.29 is 23.9 Å². The fourth-order valence-electron chi connectivity index (χ4n) is 3.07. The third kappa shape index (κ3) is 3.52. The minimum absolute atomic E-state index is 0.163. The number of imide groups is 1. The van der Waals surface area contributed by atoms with Crippen LogP contribution >= 0.6 is 11.3 Å². The van der Waals surface area contributed by atoms with Crippen molar-refractivity contribution in [3.05, 3.63) is 12.1 Å². The maximum Gasteiger partial charge on any atom is 0.248 e. The molecule has 3 amide bonds. The van der Waals surface area contributed by atoms with Gasteiger partial charge >= 0.3 is 0 Å². The summed E-state index contributed by atoms with van der Waals surface area (Å²) in [5.74, 6) is 0.345. The molecule has 9 nitrogen and oxygen atoms in total. The van der Waals surface area contributed by atoms with Gasteiger partial charge in [0.05, 0.1) is 10.2 Å². The van der Waals surface area contributed by atoms with E-state index in [0.29, 0.717) is 35.2 Å². The molecule has 148 valence electrons. The zero-order chi connectivity index (χ0) is 19.8. The predicted octanol–water partition coefficient (Wildman–Crippen LogP) is 1.07. The summed E-state index contributed by atoms with van der Waals surface area (Å²) in [5, 5.41) is 0.518. The number of hydrogen-bond donors (Lipinski definition) is 0. The van der Waals surface area contributed by atoms with Gasteiger partial charge in [-0.1, -0.05) is 11.3 Å². The smallest absolute Gasteiger partial charge is 0.248 e. The Hall–Kier alpha value is -2.72. The summed E-state index contributed by atoms with van der Waals surface area (Å²) in [6.07, 6.45) is 0.326. The van der Waals surface area contributed by atoms with Crippen molar-refractivity contribution in [3.63, 3.8) is 0 Å². The lowest BCUT2D eigenvalue weighted by Crippen LogP contribution is -2.44. The second kappa shape index (κ2) is 7.36. The van der Waals surface area contributed by atoms with Crippen molar-refractivity contribution in [2.24, 2.45) is 0 Å². The molecule has 2 aliphatic rings. The molecule has 2 aromatic rings. The zero-order valence-electron chi connectivity index (χ0n) is 15.6. The number of ether oxygens (including phenoxy) is 2. The molecule has 0 N–H and O–H groups in total. The van der Waals surface area contributed by atoms with E-state index in [4.69, 9.17) is 9.47 Å². The topological polar surface area (TPSA) is 92.3 Å². The first-order valence-corrected chi connectivity index (χ1v) is 9.72. The lowest BCUT2D eigenvalue weighted by Gasteiger charge is -2.24. The molecule has 1 fully saturated rings. The number of rotatable bonds is 6. The van der Waals surface area contributed by atoms with E-state index in [-0.39, 0.29) is 43.9 Å². The summed E-state index contributed by atoms with van der Waals surface area (Å²) < 4.78 is 11.7. The molecule has 28 heavy (non-hydrogen) atoms. The molecule has 10 heteroatoms. The Bertz CT molecular complexity index is 900. The van der Waals surface area contributed by atoms with Gasteiger partial charge in [0.15, 0.2) is 16.6 Å². The average Bonchev–Trinajstić information content (AvgIpc) is 3.34. The molecule has 0 atom stereocenters. The van der Waals surface area contributed by atoms with Crippen LogP contribution in [0.15, 0.2) is 12.1 Å². The van der Waals surface area contributed by atoms with Crippen molar-refractivity contribution >= 4 is 44.4 Å². The lowest BCUT2D eigenvalue weighted by molar-refractivity contribution is -0.141. The van der Waals surface area contributed by atoms with Crippen LogP contribution in [0.5, 0.6) is 11.5 Å². The molecule has 2 aliphatic heterocycles. The molecule has 0 bridgehead atoms. The van der Waals surface area contributed by atoms with E-state index in [0.717, 1.165) is 9.60 Å². The summed E-state index contributed by atoms with van der Waals surface area (Å²) in [4.78, 5) is 45.8. The number of carbonyl (C=O) groups is 3. The monoisotopic (exact) mass is 404 g/mol. The number of thiazole rings is 1. The number of hydrogen-bond acceptors (Lipinski definition) is 8. The zero-order valence-corrected chi connectivity index (χ0v) is 16.5. The van der Waals surface area contributed by atoms with E-state index in [1.54, 1.807) is 6.07 Å². The van der Waals surface area contributed by atoms with E-state index < -0.39 is 0 Å². The number of anilines is 1. The van der Waals surface area contributed by atoms with Crippen LogP contribution in [-0.4, -0.2) is 73.0 Å². The van der Waals surface area contributed by atoms with Crippen LogP contribution < -0.4 is 14.4 Å². The number of benzene rings is 1. The first-order valence-electron chi connectivity index (χ1n) is 8.91. The van der Waals surface area contributed by atoms with Gasteiger partial charge in [0.25, 0.3) is 0 Å². The molecule has 0 unspecified atom stereocenters. The van der Waals surface area contributed by atoms with Crippen LogP contribution in [0.3, 0.4) is 0 Å². The number of amides is 3. The Labute approximate surface area is 165 Å². The summed E-state index contributed by atoms with van der Waals surface area (Å²) in [5.41, 5.74) is 0.709. The predicted molar refractivity (Wildman–Crippen MR) is 103 cm³/mol. The van der Waals surface area contributed by atoms with E-state index in [1.165, 1.54) is 16.2 Å². The van der Waals surface area contributed by atoms with Gasteiger partial charge < -0.3 is 14.4 Å². The number of aromatic nitrogens is 1. The number of likely N-dealkylation sites (tertiary alicyclic amines) is 1. The molecule has 0 aliphatic carbocycles. The fraction of sp³-hybridized carbons (Fsp3) is 0.444. The lowest BCUT2D eigenvalue weighted by atomic mass is 10.3. The first-order chi connectivity index (χ1) is 13.4. The Morgan fingerprint density at radius 3 is 2.50 bits per heavy atom. The normalized spacial score (nSPS) is 15.9. The maximum atomic E-state index is 13.0. The van der Waals surface area contributed by atoms with Crippen LogP contribution in [0, 0.1) is 0 Å². The molecule has 1 aromatic heterocycles. The average molecular weight is 404 g/mol. The van der Waals surface area contributed by atoms with Crippen LogP contribution in [0.25, 0.3) is 10.2 Å². The van der Waals surface area contributed by atoms with Gasteiger partial charge in [-0.15, -0.1) is 0 Å². The third-order valence-electron chi connectivity index (χ3n) is 4.62. The highest BCUT2D eigenvalue weighted by atomic mass is 32.1. The van der Waals surface area contributed by atoms with Crippen LogP contribution in [-0.2, 0) is 14.4 Å². The fourth-order valence-corrected chi connectivity index (χ4v) is 4.09. The molecular weight excluding hydrogens is 384 g/mol. The highest BCUT2D eigenvalue weighted by molar-refractivity contribution is 7.22. The van der Waals surface area contributed by atoms with Gasteiger partial charge in [0, 0.05) is 38.1 Å². The Morgan fingerprint density at radius 1 is 1.14 bits per heavy atom.